The fraction of sp³-hybridized carbons (Fsp3) is 0.300. The molecule has 152 valence electrons. The van der Waals surface area contributed by atoms with Gasteiger partial charge in [0.1, 0.15) is 5.65 Å². The Bertz CT molecular complexity index is 1100. The van der Waals surface area contributed by atoms with Crippen molar-refractivity contribution in [1.29, 1.82) is 0 Å². The Morgan fingerprint density at radius 3 is 2.66 bits per heavy atom. The summed E-state index contributed by atoms with van der Waals surface area (Å²) in [5.74, 6) is -0.210. The van der Waals surface area contributed by atoms with E-state index in [9.17, 15) is 13.2 Å². The first-order chi connectivity index (χ1) is 14.0. The zero-order valence-electron chi connectivity index (χ0n) is 15.7. The van der Waals surface area contributed by atoms with Crippen molar-refractivity contribution in [2.24, 2.45) is 0 Å². The van der Waals surface area contributed by atoms with Crippen LogP contribution < -0.4 is 10.0 Å². The summed E-state index contributed by atoms with van der Waals surface area (Å²) in [6.45, 7) is 1.44. The number of hydrogen-bond acceptors (Lipinski definition) is 5. The predicted molar refractivity (Wildman–Crippen MR) is 107 cm³/mol. The highest BCUT2D eigenvalue weighted by Gasteiger charge is 2.22. The van der Waals surface area contributed by atoms with E-state index in [1.807, 2.05) is 0 Å². The van der Waals surface area contributed by atoms with Gasteiger partial charge >= 0.3 is 0 Å². The first-order valence-electron chi connectivity index (χ1n) is 9.41. The van der Waals surface area contributed by atoms with Gasteiger partial charge in [0.25, 0.3) is 5.91 Å². The molecule has 3 heterocycles. The van der Waals surface area contributed by atoms with Crippen molar-refractivity contribution in [3.05, 3.63) is 66.1 Å². The van der Waals surface area contributed by atoms with Crippen LogP contribution in [0.1, 0.15) is 28.8 Å². The largest absolute Gasteiger partial charge is 0.381 e. The van der Waals surface area contributed by atoms with Crippen LogP contribution in [-0.2, 0) is 21.3 Å². The Hall–Kier alpha value is -2.75. The van der Waals surface area contributed by atoms with Gasteiger partial charge in [-0.1, -0.05) is 12.1 Å². The topological polar surface area (TPSA) is 102 Å². The lowest BCUT2D eigenvalue weighted by Gasteiger charge is -2.23. The number of benzene rings is 1. The number of sulfonamides is 1. The highest BCUT2D eigenvalue weighted by molar-refractivity contribution is 7.89. The van der Waals surface area contributed by atoms with Crippen LogP contribution in [0.3, 0.4) is 0 Å². The van der Waals surface area contributed by atoms with E-state index < -0.39 is 10.0 Å². The van der Waals surface area contributed by atoms with E-state index in [1.54, 1.807) is 59.4 Å². The molecule has 1 aromatic carbocycles. The summed E-state index contributed by atoms with van der Waals surface area (Å²) >= 11 is 0. The van der Waals surface area contributed by atoms with Gasteiger partial charge in [0.2, 0.25) is 10.0 Å². The molecule has 1 saturated heterocycles. The van der Waals surface area contributed by atoms with Crippen LogP contribution in [0.4, 0.5) is 0 Å². The Labute approximate surface area is 169 Å². The Morgan fingerprint density at radius 2 is 1.90 bits per heavy atom. The molecule has 1 aliphatic heterocycles. The second-order valence-electron chi connectivity index (χ2n) is 6.95. The molecule has 0 unspecified atom stereocenters. The number of carbonyl (C=O) groups excluding carboxylic acids is 1. The summed E-state index contributed by atoms with van der Waals surface area (Å²) < 4.78 is 34.8. The standard InChI is InChI=1S/C20H22N4O4S/c25-20(16-3-6-19-21-9-10-24(19)14-16)22-13-15-1-4-18(5-2-15)29(26,27)23-17-7-11-28-12-8-17/h1-6,9-10,14,17,23H,7-8,11-13H2,(H,22,25). The first kappa shape index (κ1) is 19.6. The van der Waals surface area contributed by atoms with Crippen molar-refractivity contribution < 1.29 is 17.9 Å². The number of fused-ring (bicyclic) bond motifs is 1. The second kappa shape index (κ2) is 8.32. The number of nitrogens with zero attached hydrogens (tertiary/aromatic N) is 2. The molecule has 0 aliphatic carbocycles. The minimum Gasteiger partial charge on any atom is -0.381 e. The van der Waals surface area contributed by atoms with Gasteiger partial charge in [0.05, 0.1) is 10.5 Å². The maximum absolute atomic E-state index is 12.5. The molecule has 1 amide bonds. The van der Waals surface area contributed by atoms with E-state index in [-0.39, 0.29) is 16.8 Å². The van der Waals surface area contributed by atoms with Crippen LogP contribution in [0.25, 0.3) is 5.65 Å². The zero-order chi connectivity index (χ0) is 20.3. The molecule has 1 aliphatic rings. The lowest BCUT2D eigenvalue weighted by molar-refractivity contribution is 0.0832. The summed E-state index contributed by atoms with van der Waals surface area (Å²) in [5.41, 5.74) is 2.11. The van der Waals surface area contributed by atoms with E-state index >= 15 is 0 Å². The molecular weight excluding hydrogens is 392 g/mol. The van der Waals surface area contributed by atoms with E-state index in [2.05, 4.69) is 15.0 Å². The van der Waals surface area contributed by atoms with Gasteiger partial charge in [0.15, 0.2) is 0 Å². The maximum Gasteiger partial charge on any atom is 0.253 e. The van der Waals surface area contributed by atoms with Crippen LogP contribution >= 0.6 is 0 Å². The Balaban J connectivity index is 1.36. The average molecular weight is 414 g/mol. The van der Waals surface area contributed by atoms with E-state index in [0.717, 1.165) is 11.2 Å². The summed E-state index contributed by atoms with van der Waals surface area (Å²) in [4.78, 5) is 16.7. The van der Waals surface area contributed by atoms with E-state index in [0.29, 0.717) is 38.2 Å². The molecular formula is C20H22N4O4S. The van der Waals surface area contributed by atoms with Crippen LogP contribution in [-0.4, -0.2) is 43.0 Å². The molecule has 0 saturated carbocycles. The molecule has 0 spiro atoms. The second-order valence-corrected chi connectivity index (χ2v) is 8.66. The molecule has 4 rings (SSSR count). The van der Waals surface area contributed by atoms with Gasteiger partial charge < -0.3 is 14.5 Å². The molecule has 0 bridgehead atoms. The normalized spacial score (nSPS) is 15.4. The van der Waals surface area contributed by atoms with Crippen molar-refractivity contribution in [1.82, 2.24) is 19.4 Å². The smallest absolute Gasteiger partial charge is 0.253 e. The Kier molecular flexibility index (Phi) is 5.61. The SMILES string of the molecule is O=C(NCc1ccc(S(=O)(=O)NC2CCOCC2)cc1)c1ccc2nccn2c1. The molecule has 2 N–H and O–H groups in total. The third kappa shape index (κ3) is 4.64. The van der Waals surface area contributed by atoms with Gasteiger partial charge in [-0.25, -0.2) is 18.1 Å². The first-order valence-corrected chi connectivity index (χ1v) is 10.9. The lowest BCUT2D eigenvalue weighted by atomic mass is 10.1. The molecule has 8 nitrogen and oxygen atoms in total. The number of aromatic nitrogens is 2. The third-order valence-corrected chi connectivity index (χ3v) is 6.42. The quantitative estimate of drug-likeness (QED) is 0.640. The molecule has 0 atom stereocenters. The lowest BCUT2D eigenvalue weighted by Crippen LogP contribution is -2.38. The summed E-state index contributed by atoms with van der Waals surface area (Å²) in [6, 6.07) is 9.92. The summed E-state index contributed by atoms with van der Waals surface area (Å²) in [6.07, 6.45) is 6.51. The molecule has 1 fully saturated rings. The highest BCUT2D eigenvalue weighted by atomic mass is 32.2. The molecule has 3 aromatic rings. The van der Waals surface area contributed by atoms with Crippen LogP contribution in [0.2, 0.25) is 0 Å². The summed E-state index contributed by atoms with van der Waals surface area (Å²) in [7, 11) is -3.57. The molecule has 29 heavy (non-hydrogen) atoms. The van der Waals surface area contributed by atoms with Gasteiger partial charge in [-0.05, 0) is 42.7 Å². The number of amides is 1. The zero-order valence-corrected chi connectivity index (χ0v) is 16.6. The number of hydrogen-bond donors (Lipinski definition) is 2. The average Bonchev–Trinajstić information content (AvgIpc) is 3.20. The molecule has 0 radical (unpaired) electrons. The van der Waals surface area contributed by atoms with Gasteiger partial charge in [-0.15, -0.1) is 0 Å². The van der Waals surface area contributed by atoms with Crippen LogP contribution in [0, 0.1) is 0 Å². The van der Waals surface area contributed by atoms with Gasteiger partial charge in [0, 0.05) is 44.4 Å². The number of rotatable bonds is 6. The van der Waals surface area contributed by atoms with E-state index in [1.165, 1.54) is 0 Å². The fourth-order valence-electron chi connectivity index (χ4n) is 3.23. The third-order valence-electron chi connectivity index (χ3n) is 4.88. The number of imidazole rings is 1. The molecule has 9 heteroatoms. The number of carbonyl (C=O) groups is 1. The minimum absolute atomic E-state index is 0.0967. The van der Waals surface area contributed by atoms with Crippen molar-refractivity contribution >= 4 is 21.6 Å². The minimum atomic E-state index is -3.57. The number of pyridine rings is 1. The molecule has 2 aromatic heterocycles. The maximum atomic E-state index is 12.5. The van der Waals surface area contributed by atoms with Crippen molar-refractivity contribution in [3.8, 4) is 0 Å². The van der Waals surface area contributed by atoms with Gasteiger partial charge in [-0.3, -0.25) is 4.79 Å². The fourth-order valence-corrected chi connectivity index (χ4v) is 4.53. The number of ether oxygens (including phenoxy) is 1. The highest BCUT2D eigenvalue weighted by Crippen LogP contribution is 2.15. The summed E-state index contributed by atoms with van der Waals surface area (Å²) in [5, 5.41) is 2.84. The van der Waals surface area contributed by atoms with Crippen LogP contribution in [0.15, 0.2) is 59.9 Å². The monoisotopic (exact) mass is 414 g/mol. The van der Waals surface area contributed by atoms with Gasteiger partial charge in [-0.2, -0.15) is 0 Å². The predicted octanol–water partition coefficient (Wildman–Crippen LogP) is 1.72. The Morgan fingerprint density at radius 1 is 1.14 bits per heavy atom. The van der Waals surface area contributed by atoms with Crippen molar-refractivity contribution in [2.45, 2.75) is 30.3 Å². The van der Waals surface area contributed by atoms with Crippen molar-refractivity contribution in [2.75, 3.05) is 13.2 Å². The van der Waals surface area contributed by atoms with Crippen molar-refractivity contribution in [3.63, 3.8) is 0 Å². The number of nitrogens with one attached hydrogen (secondary N) is 2. The van der Waals surface area contributed by atoms with Crippen LogP contribution in [0.5, 0.6) is 0 Å². The van der Waals surface area contributed by atoms with E-state index in [4.69, 9.17) is 4.74 Å².